The van der Waals surface area contributed by atoms with Crippen LogP contribution in [0.5, 0.6) is 11.5 Å². The van der Waals surface area contributed by atoms with E-state index in [0.29, 0.717) is 12.4 Å². The molecule has 0 aliphatic carbocycles. The third-order valence-electron chi connectivity index (χ3n) is 5.22. The SMILES string of the molecule is CCOCOc1cc(C)c(-c2cccc(CCc3ccc(OCC(=O)O)cc3)c2)c(C)c1. The largest absolute Gasteiger partial charge is 0.482 e. The fraction of sp³-hybridized carbons (Fsp3) is 0.296. The zero-order chi connectivity index (χ0) is 22.9. The number of rotatable bonds is 11. The minimum atomic E-state index is -0.980. The van der Waals surface area contributed by atoms with E-state index in [-0.39, 0.29) is 13.4 Å². The first-order valence-electron chi connectivity index (χ1n) is 10.8. The van der Waals surface area contributed by atoms with Crippen molar-refractivity contribution in [3.63, 3.8) is 0 Å². The summed E-state index contributed by atoms with van der Waals surface area (Å²) in [5, 5.41) is 8.70. The number of ether oxygens (including phenoxy) is 3. The number of carboxylic acids is 1. The Labute approximate surface area is 189 Å². The van der Waals surface area contributed by atoms with Crippen molar-refractivity contribution in [2.75, 3.05) is 20.0 Å². The molecule has 0 atom stereocenters. The molecule has 0 bridgehead atoms. The van der Waals surface area contributed by atoms with Crippen molar-refractivity contribution in [3.8, 4) is 22.6 Å². The Balaban J connectivity index is 1.67. The van der Waals surface area contributed by atoms with E-state index in [9.17, 15) is 4.79 Å². The fourth-order valence-corrected chi connectivity index (χ4v) is 3.72. The van der Waals surface area contributed by atoms with E-state index in [4.69, 9.17) is 19.3 Å². The van der Waals surface area contributed by atoms with Gasteiger partial charge in [0, 0.05) is 6.61 Å². The van der Waals surface area contributed by atoms with Gasteiger partial charge < -0.3 is 19.3 Å². The molecule has 3 aromatic carbocycles. The lowest BCUT2D eigenvalue weighted by Crippen LogP contribution is -2.09. The summed E-state index contributed by atoms with van der Waals surface area (Å²) in [5.74, 6) is 0.411. The summed E-state index contributed by atoms with van der Waals surface area (Å²) >= 11 is 0. The predicted octanol–water partition coefficient (Wildman–Crippen LogP) is 5.59. The van der Waals surface area contributed by atoms with E-state index in [2.05, 4.69) is 50.2 Å². The monoisotopic (exact) mass is 434 g/mol. The molecule has 0 heterocycles. The Morgan fingerprint density at radius 1 is 0.844 bits per heavy atom. The minimum Gasteiger partial charge on any atom is -0.482 e. The first-order chi connectivity index (χ1) is 15.5. The van der Waals surface area contributed by atoms with Gasteiger partial charge in [0.05, 0.1) is 0 Å². The van der Waals surface area contributed by atoms with Crippen molar-refractivity contribution in [1.82, 2.24) is 0 Å². The minimum absolute atomic E-state index is 0.261. The Kier molecular flexibility index (Phi) is 8.28. The third kappa shape index (κ3) is 6.59. The van der Waals surface area contributed by atoms with E-state index in [1.807, 2.05) is 31.2 Å². The molecule has 0 saturated carbocycles. The average molecular weight is 435 g/mol. The molecule has 0 fully saturated rings. The number of benzene rings is 3. The number of hydrogen-bond acceptors (Lipinski definition) is 4. The molecular weight excluding hydrogens is 404 g/mol. The molecule has 5 heteroatoms. The van der Waals surface area contributed by atoms with Crippen molar-refractivity contribution in [1.29, 1.82) is 0 Å². The van der Waals surface area contributed by atoms with Crippen molar-refractivity contribution in [3.05, 3.63) is 82.9 Å². The lowest BCUT2D eigenvalue weighted by atomic mass is 9.93. The standard InChI is InChI=1S/C27H30O5/c1-4-30-18-32-25-14-19(2)27(20(3)15-25)23-7-5-6-22(16-23)9-8-21-10-12-24(13-11-21)31-17-26(28)29/h5-7,10-16H,4,8-9,17-18H2,1-3H3,(H,28,29). The quantitative estimate of drug-likeness (QED) is 0.315. The van der Waals surface area contributed by atoms with Crippen LogP contribution in [0.25, 0.3) is 11.1 Å². The van der Waals surface area contributed by atoms with Crippen LogP contribution in [0.4, 0.5) is 0 Å². The number of hydrogen-bond donors (Lipinski definition) is 1. The molecule has 5 nitrogen and oxygen atoms in total. The molecule has 32 heavy (non-hydrogen) atoms. The predicted molar refractivity (Wildman–Crippen MR) is 125 cm³/mol. The van der Waals surface area contributed by atoms with Gasteiger partial charge in [-0.15, -0.1) is 0 Å². The van der Waals surface area contributed by atoms with Gasteiger partial charge in [-0.1, -0.05) is 36.4 Å². The smallest absolute Gasteiger partial charge is 0.341 e. The highest BCUT2D eigenvalue weighted by atomic mass is 16.7. The summed E-state index contributed by atoms with van der Waals surface area (Å²) in [7, 11) is 0. The molecule has 0 radical (unpaired) electrons. The second-order valence-electron chi connectivity index (χ2n) is 7.71. The van der Waals surface area contributed by atoms with E-state index in [1.54, 1.807) is 0 Å². The second-order valence-corrected chi connectivity index (χ2v) is 7.71. The molecule has 168 valence electrons. The summed E-state index contributed by atoms with van der Waals surface area (Å²) in [6.07, 6.45) is 1.81. The van der Waals surface area contributed by atoms with E-state index in [1.165, 1.54) is 33.4 Å². The molecule has 1 N–H and O–H groups in total. The molecule has 0 aliphatic rings. The molecule has 0 spiro atoms. The topological polar surface area (TPSA) is 65.0 Å². The lowest BCUT2D eigenvalue weighted by Gasteiger charge is -2.15. The summed E-state index contributed by atoms with van der Waals surface area (Å²) < 4.78 is 16.2. The maximum absolute atomic E-state index is 10.6. The van der Waals surface area contributed by atoms with Crippen LogP contribution in [-0.2, 0) is 22.4 Å². The molecule has 3 aromatic rings. The Bertz CT molecular complexity index is 1020. The van der Waals surface area contributed by atoms with Gasteiger partial charge in [0.2, 0.25) is 0 Å². The fourth-order valence-electron chi connectivity index (χ4n) is 3.72. The maximum atomic E-state index is 10.6. The highest BCUT2D eigenvalue weighted by molar-refractivity contribution is 5.72. The summed E-state index contributed by atoms with van der Waals surface area (Å²) in [6, 6.07) is 20.4. The molecule has 0 saturated heterocycles. The van der Waals surface area contributed by atoms with Gasteiger partial charge in [-0.2, -0.15) is 0 Å². The van der Waals surface area contributed by atoms with Crippen molar-refractivity contribution < 1.29 is 24.1 Å². The highest BCUT2D eigenvalue weighted by Gasteiger charge is 2.10. The van der Waals surface area contributed by atoms with Crippen LogP contribution in [0.2, 0.25) is 0 Å². The molecule has 3 rings (SSSR count). The normalized spacial score (nSPS) is 10.7. The van der Waals surface area contributed by atoms with Gasteiger partial charge in [0.15, 0.2) is 13.4 Å². The lowest BCUT2D eigenvalue weighted by molar-refractivity contribution is -0.139. The second kappa shape index (κ2) is 11.3. The van der Waals surface area contributed by atoms with E-state index in [0.717, 1.165) is 18.6 Å². The van der Waals surface area contributed by atoms with Crippen molar-refractivity contribution >= 4 is 5.97 Å². The van der Waals surface area contributed by atoms with Crippen LogP contribution >= 0.6 is 0 Å². The summed E-state index contributed by atoms with van der Waals surface area (Å²) in [5.41, 5.74) is 7.23. The van der Waals surface area contributed by atoms with Crippen LogP contribution in [-0.4, -0.2) is 31.1 Å². The van der Waals surface area contributed by atoms with Crippen LogP contribution in [0.15, 0.2) is 60.7 Å². The van der Waals surface area contributed by atoms with Crippen molar-refractivity contribution in [2.45, 2.75) is 33.6 Å². The zero-order valence-electron chi connectivity index (χ0n) is 18.9. The molecule has 0 amide bonds. The Morgan fingerprint density at radius 3 is 2.19 bits per heavy atom. The van der Waals surface area contributed by atoms with Crippen LogP contribution in [0, 0.1) is 13.8 Å². The van der Waals surface area contributed by atoms with Crippen LogP contribution in [0.3, 0.4) is 0 Å². The average Bonchev–Trinajstić information content (AvgIpc) is 2.77. The molecule has 0 unspecified atom stereocenters. The first-order valence-corrected chi connectivity index (χ1v) is 10.8. The van der Waals surface area contributed by atoms with Gasteiger partial charge in [0.1, 0.15) is 11.5 Å². The van der Waals surface area contributed by atoms with Crippen LogP contribution < -0.4 is 9.47 Å². The van der Waals surface area contributed by atoms with Crippen LogP contribution in [0.1, 0.15) is 29.2 Å². The van der Waals surface area contributed by atoms with Gasteiger partial charge in [0.25, 0.3) is 0 Å². The Hall–Kier alpha value is -3.31. The molecule has 0 aromatic heterocycles. The first kappa shape index (κ1) is 23.4. The van der Waals surface area contributed by atoms with Gasteiger partial charge >= 0.3 is 5.97 Å². The maximum Gasteiger partial charge on any atom is 0.341 e. The zero-order valence-corrected chi connectivity index (χ0v) is 18.9. The van der Waals surface area contributed by atoms with Gasteiger partial charge in [-0.3, -0.25) is 0 Å². The molecular formula is C27H30O5. The number of aryl methyl sites for hydroxylation is 4. The number of carbonyl (C=O) groups is 1. The number of aliphatic carboxylic acids is 1. The summed E-state index contributed by atoms with van der Waals surface area (Å²) in [4.78, 5) is 10.6. The van der Waals surface area contributed by atoms with Gasteiger partial charge in [-0.05, 0) is 91.3 Å². The highest BCUT2D eigenvalue weighted by Crippen LogP contribution is 2.31. The van der Waals surface area contributed by atoms with Gasteiger partial charge in [-0.25, -0.2) is 4.79 Å². The Morgan fingerprint density at radius 2 is 1.53 bits per heavy atom. The third-order valence-corrected chi connectivity index (χ3v) is 5.22. The molecule has 0 aliphatic heterocycles. The van der Waals surface area contributed by atoms with E-state index < -0.39 is 5.97 Å². The van der Waals surface area contributed by atoms with E-state index >= 15 is 0 Å². The number of carboxylic acid groups (broad SMARTS) is 1. The summed E-state index contributed by atoms with van der Waals surface area (Å²) in [6.45, 7) is 6.72. The van der Waals surface area contributed by atoms with Crippen molar-refractivity contribution in [2.24, 2.45) is 0 Å².